The van der Waals surface area contributed by atoms with Crippen LogP contribution in [0.3, 0.4) is 0 Å². The summed E-state index contributed by atoms with van der Waals surface area (Å²) in [5.41, 5.74) is 9.25. The molecule has 0 saturated carbocycles. The zero-order valence-electron chi connectivity index (χ0n) is 38.1. The predicted octanol–water partition coefficient (Wildman–Crippen LogP) is 11.2. The van der Waals surface area contributed by atoms with Crippen molar-refractivity contribution in [2.45, 2.75) is 52.6 Å². The molecule has 0 aliphatic heterocycles. The number of rotatable bonds is 10. The number of para-hydroxylation sites is 2. The molecule has 0 bridgehead atoms. The molecular weight excluding hydrogens is 813 g/mol. The molecule has 0 unspecified atom stereocenters. The van der Waals surface area contributed by atoms with Crippen molar-refractivity contribution in [1.29, 1.82) is 0 Å². The highest BCUT2D eigenvalue weighted by molar-refractivity contribution is 6.13. The van der Waals surface area contributed by atoms with Gasteiger partial charge in [-0.1, -0.05) is 182 Å². The molecule has 0 N–H and O–H groups in total. The predicted molar refractivity (Wildman–Crippen MR) is 266 cm³/mol. The van der Waals surface area contributed by atoms with Gasteiger partial charge in [-0.05, 0) is 65.8 Å². The van der Waals surface area contributed by atoms with Crippen LogP contribution in [0.4, 0.5) is 0 Å². The molecule has 66 heavy (non-hydrogen) atoms. The van der Waals surface area contributed by atoms with Crippen molar-refractivity contribution in [2.75, 3.05) is 0 Å². The topological polar surface area (TPSA) is 94.9 Å². The smallest absolute Gasteiger partial charge is 0.253 e. The van der Waals surface area contributed by atoms with Gasteiger partial charge in [-0.3, -0.25) is 9.13 Å². The SMILES string of the molecule is CC(C)(C)n1nc(-c2ccc(-c3nn(C(C)(C)C)c(=NN=C(c4ccccc4)c4ccccc4)n3-c3ccccc3)cc2)n(-c2ccccc2)c1=NN=C(c1ccccc1)c1ccccc1. The van der Waals surface area contributed by atoms with Gasteiger partial charge in [-0.2, -0.15) is 10.2 Å². The molecule has 0 atom stereocenters. The average molecular weight is 865 g/mol. The third-order valence-electron chi connectivity index (χ3n) is 11.0. The Morgan fingerprint density at radius 3 is 0.864 bits per heavy atom. The molecule has 0 amide bonds. The van der Waals surface area contributed by atoms with Crippen LogP contribution >= 0.6 is 0 Å². The highest BCUT2D eigenvalue weighted by Crippen LogP contribution is 2.28. The first-order valence-corrected chi connectivity index (χ1v) is 22.2. The van der Waals surface area contributed by atoms with E-state index in [4.69, 9.17) is 30.6 Å². The van der Waals surface area contributed by atoms with Gasteiger partial charge in [0.25, 0.3) is 11.2 Å². The van der Waals surface area contributed by atoms with Gasteiger partial charge in [0.05, 0.1) is 22.5 Å². The van der Waals surface area contributed by atoms with Crippen LogP contribution in [0.2, 0.25) is 0 Å². The summed E-state index contributed by atoms with van der Waals surface area (Å²) in [5, 5.41) is 30.8. The van der Waals surface area contributed by atoms with Crippen molar-refractivity contribution in [1.82, 2.24) is 28.7 Å². The number of benzene rings is 7. The maximum Gasteiger partial charge on any atom is 0.253 e. The molecule has 0 spiro atoms. The van der Waals surface area contributed by atoms with Crippen LogP contribution in [-0.2, 0) is 11.1 Å². The third kappa shape index (κ3) is 9.07. The first kappa shape index (κ1) is 43.0. The summed E-state index contributed by atoms with van der Waals surface area (Å²) in [6, 6.07) is 69.5. The standard InChI is InChI=1S/C56H52N10/c1-55(2,3)65-53(59-57-49(41-25-13-7-14-26-41)42-27-15-8-16-28-42)63(47-33-21-11-22-34-47)51(61-65)45-37-39-46(40-38-45)52-62-66(56(4,5)6)54(64(52)48-35-23-12-24-36-48)60-58-50(43-29-17-9-18-30-43)44-31-19-10-20-32-44/h7-40H,1-6H3. The molecule has 326 valence electrons. The van der Waals surface area contributed by atoms with Gasteiger partial charge < -0.3 is 0 Å². The Morgan fingerprint density at radius 1 is 0.348 bits per heavy atom. The molecule has 7 aromatic carbocycles. The minimum absolute atomic E-state index is 0.451. The summed E-state index contributed by atoms with van der Waals surface area (Å²) in [6.07, 6.45) is 0. The molecular formula is C56H52N10. The number of hydrogen-bond acceptors (Lipinski definition) is 6. The average Bonchev–Trinajstić information content (AvgIpc) is 3.94. The Balaban J connectivity index is 1.24. The van der Waals surface area contributed by atoms with Crippen molar-refractivity contribution in [3.63, 3.8) is 0 Å². The van der Waals surface area contributed by atoms with Crippen molar-refractivity contribution < 1.29 is 0 Å². The summed E-state index contributed by atoms with van der Waals surface area (Å²) in [7, 11) is 0. The first-order valence-electron chi connectivity index (χ1n) is 22.2. The molecule has 0 aliphatic rings. The molecule has 2 aromatic heterocycles. The van der Waals surface area contributed by atoms with Crippen molar-refractivity contribution in [3.05, 3.63) is 240 Å². The second-order valence-electron chi connectivity index (χ2n) is 17.9. The van der Waals surface area contributed by atoms with Crippen LogP contribution in [0.25, 0.3) is 34.2 Å². The minimum Gasteiger partial charge on any atom is -0.260 e. The van der Waals surface area contributed by atoms with Gasteiger partial charge in [0, 0.05) is 33.4 Å². The molecule has 10 nitrogen and oxygen atoms in total. The Bertz CT molecular complexity index is 2950. The van der Waals surface area contributed by atoms with Gasteiger partial charge in [0.15, 0.2) is 11.6 Å². The Morgan fingerprint density at radius 2 is 0.606 bits per heavy atom. The van der Waals surface area contributed by atoms with E-state index >= 15 is 0 Å². The summed E-state index contributed by atoms with van der Waals surface area (Å²) in [5.74, 6) is 1.43. The highest BCUT2D eigenvalue weighted by Gasteiger charge is 2.26. The molecule has 0 saturated heterocycles. The molecule has 10 heteroatoms. The molecule has 9 aromatic rings. The van der Waals surface area contributed by atoms with Crippen LogP contribution in [0.5, 0.6) is 0 Å². The lowest BCUT2D eigenvalue weighted by molar-refractivity contribution is 0.337. The van der Waals surface area contributed by atoms with Crippen LogP contribution in [0, 0.1) is 0 Å². The van der Waals surface area contributed by atoms with E-state index in [1.54, 1.807) is 0 Å². The molecule has 0 fully saturated rings. The van der Waals surface area contributed by atoms with Gasteiger partial charge in [0.2, 0.25) is 0 Å². The number of nitrogens with zero attached hydrogens (tertiary/aromatic N) is 10. The number of hydrogen-bond donors (Lipinski definition) is 0. The highest BCUT2D eigenvalue weighted by atomic mass is 15.5. The van der Waals surface area contributed by atoms with Gasteiger partial charge in [0.1, 0.15) is 11.4 Å². The fourth-order valence-corrected chi connectivity index (χ4v) is 7.73. The normalized spacial score (nSPS) is 12.3. The van der Waals surface area contributed by atoms with E-state index in [-0.39, 0.29) is 0 Å². The Hall–Kier alpha value is -8.24. The molecule has 0 radical (unpaired) electrons. The van der Waals surface area contributed by atoms with Crippen LogP contribution < -0.4 is 11.2 Å². The van der Waals surface area contributed by atoms with E-state index in [0.717, 1.165) is 56.2 Å². The van der Waals surface area contributed by atoms with Gasteiger partial charge in [-0.25, -0.2) is 9.36 Å². The van der Waals surface area contributed by atoms with E-state index in [1.165, 1.54) is 0 Å². The van der Waals surface area contributed by atoms with Crippen LogP contribution in [0.1, 0.15) is 63.8 Å². The quantitative estimate of drug-likeness (QED) is 0.101. The fraction of sp³-hybridized carbons (Fsp3) is 0.143. The lowest BCUT2D eigenvalue weighted by Crippen LogP contribution is -2.36. The largest absolute Gasteiger partial charge is 0.260 e. The Kier molecular flexibility index (Phi) is 12.0. The second kappa shape index (κ2) is 18.5. The van der Waals surface area contributed by atoms with Crippen molar-refractivity contribution in [2.24, 2.45) is 20.4 Å². The second-order valence-corrected chi connectivity index (χ2v) is 17.9. The molecule has 9 rings (SSSR count). The lowest BCUT2D eigenvalue weighted by atomic mass is 10.0. The molecule has 0 aliphatic carbocycles. The van der Waals surface area contributed by atoms with E-state index in [9.17, 15) is 0 Å². The van der Waals surface area contributed by atoms with Crippen LogP contribution in [0.15, 0.2) is 227 Å². The zero-order valence-corrected chi connectivity index (χ0v) is 38.1. The molecule has 2 heterocycles. The first-order chi connectivity index (χ1) is 32.0. The maximum absolute atomic E-state index is 5.32. The maximum atomic E-state index is 5.32. The van der Waals surface area contributed by atoms with Crippen molar-refractivity contribution in [3.8, 4) is 34.2 Å². The van der Waals surface area contributed by atoms with Gasteiger partial charge >= 0.3 is 0 Å². The van der Waals surface area contributed by atoms with E-state index < -0.39 is 11.1 Å². The summed E-state index contributed by atoms with van der Waals surface area (Å²) >= 11 is 0. The lowest BCUT2D eigenvalue weighted by Gasteiger charge is -2.18. The summed E-state index contributed by atoms with van der Waals surface area (Å²) in [4.78, 5) is 0. The van der Waals surface area contributed by atoms with Gasteiger partial charge in [-0.15, -0.1) is 20.4 Å². The minimum atomic E-state index is -0.451. The van der Waals surface area contributed by atoms with E-state index in [2.05, 4.69) is 148 Å². The fourth-order valence-electron chi connectivity index (χ4n) is 7.73. The number of aromatic nitrogens is 6. The summed E-state index contributed by atoms with van der Waals surface area (Å²) in [6.45, 7) is 12.8. The van der Waals surface area contributed by atoms with Crippen LogP contribution in [-0.4, -0.2) is 40.1 Å². The monoisotopic (exact) mass is 864 g/mol. The summed E-state index contributed by atoms with van der Waals surface area (Å²) < 4.78 is 8.09. The third-order valence-corrected chi connectivity index (χ3v) is 11.0. The van der Waals surface area contributed by atoms with Crippen molar-refractivity contribution >= 4 is 11.4 Å². The van der Waals surface area contributed by atoms with E-state index in [0.29, 0.717) is 22.9 Å². The Labute approximate surface area is 385 Å². The zero-order chi connectivity index (χ0) is 45.7. The van der Waals surface area contributed by atoms with E-state index in [1.807, 2.05) is 119 Å².